The molecular weight excluding hydrogens is 460 g/mol. The van der Waals surface area contributed by atoms with Gasteiger partial charge in [0.15, 0.2) is 11.5 Å². The summed E-state index contributed by atoms with van der Waals surface area (Å²) in [6.45, 7) is 0. The lowest BCUT2D eigenvalue weighted by molar-refractivity contribution is -0.286. The quantitative estimate of drug-likeness (QED) is 0.321. The third-order valence-electron chi connectivity index (χ3n) is 7.43. The molecule has 2 aliphatic carbocycles. The molecule has 36 heavy (non-hydrogen) atoms. The Bertz CT molecular complexity index is 1600. The topological polar surface area (TPSA) is 48.4 Å². The number of rotatable bonds is 5. The third-order valence-corrected chi connectivity index (χ3v) is 7.43. The van der Waals surface area contributed by atoms with E-state index in [1.807, 2.05) is 24.3 Å². The number of pyridine rings is 1. The molecule has 178 valence electrons. The van der Waals surface area contributed by atoms with Gasteiger partial charge in [-0.15, -0.1) is 8.78 Å². The number of nitrogens with zero attached hydrogens (tertiary/aromatic N) is 1. The Labute approximate surface area is 206 Å². The molecule has 0 unspecified atom stereocenters. The van der Waals surface area contributed by atoms with Gasteiger partial charge in [0.05, 0.1) is 11.1 Å². The summed E-state index contributed by atoms with van der Waals surface area (Å²) in [7, 11) is 0. The summed E-state index contributed by atoms with van der Waals surface area (Å²) in [6, 6.07) is 21.1. The summed E-state index contributed by atoms with van der Waals surface area (Å²) in [5.74, 6) is -0.0240. The number of ketones is 1. The minimum absolute atomic E-state index is 0.0166. The van der Waals surface area contributed by atoms with Gasteiger partial charge in [-0.1, -0.05) is 54.6 Å². The Morgan fingerprint density at radius 2 is 1.78 bits per heavy atom. The summed E-state index contributed by atoms with van der Waals surface area (Å²) in [5, 5.41) is 2.06. The molecule has 1 saturated carbocycles. The number of ether oxygens (including phenoxy) is 2. The zero-order chi connectivity index (χ0) is 24.5. The van der Waals surface area contributed by atoms with Crippen LogP contribution in [0.3, 0.4) is 0 Å². The van der Waals surface area contributed by atoms with E-state index in [9.17, 15) is 13.6 Å². The van der Waals surface area contributed by atoms with E-state index in [-0.39, 0.29) is 23.7 Å². The van der Waals surface area contributed by atoms with Gasteiger partial charge in [-0.25, -0.2) is 0 Å². The maximum atomic E-state index is 13.6. The van der Waals surface area contributed by atoms with E-state index in [1.165, 1.54) is 23.3 Å². The molecule has 4 nitrogen and oxygen atoms in total. The van der Waals surface area contributed by atoms with Crippen molar-refractivity contribution < 1.29 is 23.0 Å². The number of halogens is 2. The normalized spacial score (nSPS) is 17.8. The average molecular weight is 481 g/mol. The molecule has 2 heterocycles. The highest BCUT2D eigenvalue weighted by molar-refractivity contribution is 5.98. The van der Waals surface area contributed by atoms with E-state index in [4.69, 9.17) is 4.98 Å². The largest absolute Gasteiger partial charge is 0.586 e. The number of allylic oxidation sites excluding steroid dienone is 1. The average Bonchev–Trinajstić information content (AvgIpc) is 3.43. The van der Waals surface area contributed by atoms with Crippen LogP contribution >= 0.6 is 0 Å². The van der Waals surface area contributed by atoms with E-state index >= 15 is 0 Å². The Morgan fingerprint density at radius 1 is 0.944 bits per heavy atom. The fraction of sp³-hybridized carbons (Fsp3) is 0.200. The first kappa shape index (κ1) is 21.2. The lowest BCUT2D eigenvalue weighted by Gasteiger charge is -2.16. The molecular formula is C30H21F2NO3. The van der Waals surface area contributed by atoms with Crippen LogP contribution in [0.2, 0.25) is 0 Å². The molecule has 3 aliphatic rings. The molecule has 1 aromatic heterocycles. The van der Waals surface area contributed by atoms with Crippen LogP contribution in [0.4, 0.5) is 8.78 Å². The molecule has 0 saturated heterocycles. The van der Waals surface area contributed by atoms with Crippen molar-refractivity contribution in [3.8, 4) is 22.8 Å². The van der Waals surface area contributed by atoms with Gasteiger partial charge in [0, 0.05) is 23.1 Å². The zero-order valence-corrected chi connectivity index (χ0v) is 19.3. The Kier molecular flexibility index (Phi) is 4.41. The summed E-state index contributed by atoms with van der Waals surface area (Å²) >= 11 is 0. The molecule has 0 radical (unpaired) electrons. The Morgan fingerprint density at radius 3 is 2.64 bits per heavy atom. The number of Topliss-reactive ketones (excluding diaryl/α,β-unsaturated/α-hetero) is 1. The van der Waals surface area contributed by atoms with E-state index in [0.29, 0.717) is 24.1 Å². The highest BCUT2D eigenvalue weighted by Crippen LogP contribution is 2.52. The minimum Gasteiger partial charge on any atom is -0.395 e. The van der Waals surface area contributed by atoms with Crippen molar-refractivity contribution in [1.82, 2.24) is 4.98 Å². The third kappa shape index (κ3) is 3.40. The summed E-state index contributed by atoms with van der Waals surface area (Å²) in [6.07, 6.45) is 3.04. The van der Waals surface area contributed by atoms with Crippen LogP contribution in [0.25, 0.3) is 28.1 Å². The van der Waals surface area contributed by atoms with Crippen molar-refractivity contribution in [3.63, 3.8) is 0 Å². The zero-order valence-electron chi connectivity index (χ0n) is 19.3. The van der Waals surface area contributed by atoms with Crippen LogP contribution < -0.4 is 9.47 Å². The molecule has 6 heteroatoms. The Hall–Kier alpha value is -4.06. The van der Waals surface area contributed by atoms with Crippen LogP contribution in [0.5, 0.6) is 11.5 Å². The summed E-state index contributed by atoms with van der Waals surface area (Å²) in [5.41, 5.74) is 5.04. The molecule has 1 aliphatic heterocycles. The molecule has 0 amide bonds. The van der Waals surface area contributed by atoms with Crippen molar-refractivity contribution >= 4 is 22.6 Å². The van der Waals surface area contributed by atoms with Crippen LogP contribution in [0, 0.1) is 0 Å². The van der Waals surface area contributed by atoms with Gasteiger partial charge in [-0.3, -0.25) is 9.78 Å². The first-order valence-corrected chi connectivity index (χ1v) is 12.0. The maximum absolute atomic E-state index is 13.6. The van der Waals surface area contributed by atoms with Crippen LogP contribution in [0.1, 0.15) is 35.2 Å². The number of hydrogen-bond donors (Lipinski definition) is 0. The molecule has 0 bridgehead atoms. The van der Waals surface area contributed by atoms with Crippen LogP contribution in [-0.2, 0) is 23.1 Å². The number of benzene rings is 3. The second kappa shape index (κ2) is 7.47. The van der Waals surface area contributed by atoms with E-state index < -0.39 is 11.7 Å². The van der Waals surface area contributed by atoms with Crippen molar-refractivity contribution in [3.05, 3.63) is 95.2 Å². The second-order valence-electron chi connectivity index (χ2n) is 9.71. The predicted molar refractivity (Wildman–Crippen MR) is 132 cm³/mol. The van der Waals surface area contributed by atoms with E-state index in [2.05, 4.69) is 45.9 Å². The van der Waals surface area contributed by atoms with Gasteiger partial charge >= 0.3 is 6.29 Å². The number of hydrogen-bond acceptors (Lipinski definition) is 4. The second-order valence-corrected chi connectivity index (χ2v) is 9.71. The SMILES string of the molecule is O=C(Cc1cc2ccccc2c(-c2ccc3c(c2)C=CC3)n1)C1(c2ccc3c(c2)OC(F)(F)O3)CC1. The lowest BCUT2D eigenvalue weighted by Crippen LogP contribution is -2.26. The van der Waals surface area contributed by atoms with Gasteiger partial charge in [-0.2, -0.15) is 0 Å². The van der Waals surface area contributed by atoms with Crippen molar-refractivity contribution in [1.29, 1.82) is 0 Å². The van der Waals surface area contributed by atoms with Crippen LogP contribution in [0.15, 0.2) is 72.8 Å². The number of fused-ring (bicyclic) bond motifs is 3. The lowest BCUT2D eigenvalue weighted by atomic mass is 9.88. The van der Waals surface area contributed by atoms with E-state index in [1.54, 1.807) is 6.07 Å². The summed E-state index contributed by atoms with van der Waals surface area (Å²) in [4.78, 5) is 18.6. The summed E-state index contributed by atoms with van der Waals surface area (Å²) < 4.78 is 36.1. The molecule has 1 fully saturated rings. The molecule has 4 aromatic rings. The minimum atomic E-state index is -3.68. The van der Waals surface area contributed by atoms with Gasteiger partial charge in [0.2, 0.25) is 0 Å². The number of carbonyl (C=O) groups is 1. The fourth-order valence-electron chi connectivity index (χ4n) is 5.39. The predicted octanol–water partition coefficient (Wildman–Crippen LogP) is 6.64. The molecule has 7 rings (SSSR count). The number of aromatic nitrogens is 1. The first-order chi connectivity index (χ1) is 17.4. The maximum Gasteiger partial charge on any atom is 0.586 e. The monoisotopic (exact) mass is 481 g/mol. The van der Waals surface area contributed by atoms with Crippen molar-refractivity contribution in [2.45, 2.75) is 37.4 Å². The standard InChI is InChI=1S/C30H21F2NO3/c31-30(32)35-25-11-10-22(16-26(25)36-30)29(12-13-29)27(34)17-23-15-20-4-1-2-7-24(20)28(33-23)21-9-8-18-5-3-6-19(18)14-21/h1-4,6-11,14-16H,5,12-13,17H2. The highest BCUT2D eigenvalue weighted by Gasteiger charge is 2.52. The van der Waals surface area contributed by atoms with Crippen molar-refractivity contribution in [2.75, 3.05) is 0 Å². The van der Waals surface area contributed by atoms with Gasteiger partial charge in [-0.05, 0) is 65.6 Å². The molecule has 0 N–H and O–H groups in total. The fourth-order valence-corrected chi connectivity index (χ4v) is 5.39. The number of carbonyl (C=O) groups excluding carboxylic acids is 1. The van der Waals surface area contributed by atoms with Gasteiger partial charge in [0.1, 0.15) is 5.78 Å². The molecule has 3 aromatic carbocycles. The van der Waals surface area contributed by atoms with Gasteiger partial charge < -0.3 is 9.47 Å². The van der Waals surface area contributed by atoms with Gasteiger partial charge in [0.25, 0.3) is 0 Å². The number of alkyl halides is 2. The van der Waals surface area contributed by atoms with Crippen molar-refractivity contribution in [2.24, 2.45) is 0 Å². The highest BCUT2D eigenvalue weighted by atomic mass is 19.3. The smallest absolute Gasteiger partial charge is 0.395 e. The molecule has 0 atom stereocenters. The first-order valence-electron chi connectivity index (χ1n) is 12.0. The molecule has 0 spiro atoms. The van der Waals surface area contributed by atoms with Crippen LogP contribution in [-0.4, -0.2) is 17.1 Å². The Balaban J connectivity index is 1.24. The van der Waals surface area contributed by atoms with E-state index in [0.717, 1.165) is 28.5 Å².